The summed E-state index contributed by atoms with van der Waals surface area (Å²) < 4.78 is 1.73. The predicted molar refractivity (Wildman–Crippen MR) is 52.2 cm³/mol. The lowest BCUT2D eigenvalue weighted by Crippen LogP contribution is -2.15. The van der Waals surface area contributed by atoms with Gasteiger partial charge < -0.3 is 5.32 Å². The third-order valence-electron chi connectivity index (χ3n) is 1.89. The molecule has 74 valence electrons. The molecule has 1 aromatic heterocycles. The van der Waals surface area contributed by atoms with Gasteiger partial charge in [-0.1, -0.05) is 19.8 Å². The lowest BCUT2D eigenvalue weighted by Gasteiger charge is -1.99. The largest absolute Gasteiger partial charge is 0.310 e. The van der Waals surface area contributed by atoms with Crippen molar-refractivity contribution >= 4 is 0 Å². The van der Waals surface area contributed by atoms with Gasteiger partial charge in [0, 0.05) is 7.05 Å². The van der Waals surface area contributed by atoms with Crippen molar-refractivity contribution in [3.8, 4) is 0 Å². The van der Waals surface area contributed by atoms with Gasteiger partial charge in [0.1, 0.15) is 6.33 Å². The summed E-state index contributed by atoms with van der Waals surface area (Å²) in [5, 5.41) is 7.48. The van der Waals surface area contributed by atoms with Crippen LogP contribution < -0.4 is 5.32 Å². The fourth-order valence-corrected chi connectivity index (χ4v) is 1.17. The average Bonchev–Trinajstić information content (AvgIpc) is 2.51. The molecule has 4 heteroatoms. The molecule has 4 nitrogen and oxygen atoms in total. The van der Waals surface area contributed by atoms with Crippen molar-refractivity contribution in [3.05, 3.63) is 12.2 Å². The van der Waals surface area contributed by atoms with E-state index in [0.717, 1.165) is 18.9 Å². The Bertz CT molecular complexity index is 231. The Morgan fingerprint density at radius 3 is 2.92 bits per heavy atom. The maximum absolute atomic E-state index is 4.17. The lowest BCUT2D eigenvalue weighted by molar-refractivity contribution is 0.599. The van der Waals surface area contributed by atoms with Crippen molar-refractivity contribution < 1.29 is 0 Å². The second-order valence-electron chi connectivity index (χ2n) is 3.22. The summed E-state index contributed by atoms with van der Waals surface area (Å²) in [6.07, 6.45) is 5.53. The van der Waals surface area contributed by atoms with Crippen molar-refractivity contribution in [2.45, 2.75) is 32.7 Å². The topological polar surface area (TPSA) is 42.7 Å². The first-order valence-electron chi connectivity index (χ1n) is 4.88. The second-order valence-corrected chi connectivity index (χ2v) is 3.22. The van der Waals surface area contributed by atoms with E-state index in [1.54, 1.807) is 11.0 Å². The number of rotatable bonds is 6. The van der Waals surface area contributed by atoms with E-state index in [4.69, 9.17) is 0 Å². The minimum absolute atomic E-state index is 0.782. The molecule has 1 rings (SSSR count). The van der Waals surface area contributed by atoms with Crippen molar-refractivity contribution in [1.29, 1.82) is 0 Å². The van der Waals surface area contributed by atoms with Crippen LogP contribution in [0.25, 0.3) is 0 Å². The summed E-state index contributed by atoms with van der Waals surface area (Å²) in [5.74, 6) is 0.874. The number of aromatic nitrogens is 3. The molecule has 0 saturated carbocycles. The van der Waals surface area contributed by atoms with Crippen LogP contribution in [0.15, 0.2) is 6.33 Å². The van der Waals surface area contributed by atoms with Gasteiger partial charge in [-0.15, -0.1) is 0 Å². The summed E-state index contributed by atoms with van der Waals surface area (Å²) in [6.45, 7) is 4.05. The normalized spacial score (nSPS) is 10.6. The van der Waals surface area contributed by atoms with Crippen molar-refractivity contribution in [2.24, 2.45) is 7.05 Å². The highest BCUT2D eigenvalue weighted by molar-refractivity contribution is 4.79. The molecular formula is C9H18N4. The van der Waals surface area contributed by atoms with Crippen LogP contribution in [0, 0.1) is 0 Å². The van der Waals surface area contributed by atoms with Crippen LogP contribution in [0.1, 0.15) is 32.0 Å². The van der Waals surface area contributed by atoms with Crippen molar-refractivity contribution in [2.75, 3.05) is 6.54 Å². The summed E-state index contributed by atoms with van der Waals surface area (Å²) in [5.41, 5.74) is 0. The quantitative estimate of drug-likeness (QED) is 0.670. The number of aryl methyl sites for hydroxylation is 1. The van der Waals surface area contributed by atoms with Crippen LogP contribution in [0.4, 0.5) is 0 Å². The highest BCUT2D eigenvalue weighted by Gasteiger charge is 1.96. The van der Waals surface area contributed by atoms with E-state index < -0.39 is 0 Å². The number of hydrogen-bond donors (Lipinski definition) is 1. The maximum Gasteiger partial charge on any atom is 0.164 e. The van der Waals surface area contributed by atoms with Gasteiger partial charge in [0.25, 0.3) is 0 Å². The van der Waals surface area contributed by atoms with E-state index in [1.807, 2.05) is 7.05 Å². The number of hydrogen-bond acceptors (Lipinski definition) is 3. The van der Waals surface area contributed by atoms with Gasteiger partial charge in [0.05, 0.1) is 6.54 Å². The second kappa shape index (κ2) is 5.70. The van der Waals surface area contributed by atoms with Crippen LogP contribution in [0.3, 0.4) is 0 Å². The van der Waals surface area contributed by atoms with Crippen LogP contribution in [0.5, 0.6) is 0 Å². The SMILES string of the molecule is CCCCCNCc1ncn(C)n1. The fourth-order valence-electron chi connectivity index (χ4n) is 1.17. The van der Waals surface area contributed by atoms with Crippen LogP contribution in [-0.4, -0.2) is 21.3 Å². The standard InChI is InChI=1S/C9H18N4/c1-3-4-5-6-10-7-9-11-8-13(2)12-9/h8,10H,3-7H2,1-2H3. The Morgan fingerprint density at radius 1 is 1.46 bits per heavy atom. The van der Waals surface area contributed by atoms with Crippen molar-refractivity contribution in [1.82, 2.24) is 20.1 Å². The van der Waals surface area contributed by atoms with Gasteiger partial charge in [-0.2, -0.15) is 5.10 Å². The molecule has 0 saturated heterocycles. The van der Waals surface area contributed by atoms with Gasteiger partial charge in [0.2, 0.25) is 0 Å². The average molecular weight is 182 g/mol. The van der Waals surface area contributed by atoms with Gasteiger partial charge in [-0.25, -0.2) is 4.98 Å². The van der Waals surface area contributed by atoms with Crippen LogP contribution in [-0.2, 0) is 13.6 Å². The van der Waals surface area contributed by atoms with Crippen LogP contribution in [0.2, 0.25) is 0 Å². The van der Waals surface area contributed by atoms with Gasteiger partial charge in [0.15, 0.2) is 5.82 Å². The minimum atomic E-state index is 0.782. The summed E-state index contributed by atoms with van der Waals surface area (Å²) in [4.78, 5) is 4.12. The molecule has 0 aromatic carbocycles. The molecule has 1 heterocycles. The van der Waals surface area contributed by atoms with Crippen LogP contribution >= 0.6 is 0 Å². The molecule has 0 fully saturated rings. The van der Waals surface area contributed by atoms with E-state index in [1.165, 1.54) is 19.3 Å². The zero-order chi connectivity index (χ0) is 9.52. The van der Waals surface area contributed by atoms with E-state index in [9.17, 15) is 0 Å². The zero-order valence-corrected chi connectivity index (χ0v) is 8.45. The highest BCUT2D eigenvalue weighted by Crippen LogP contribution is 1.92. The molecule has 0 aliphatic heterocycles. The molecule has 13 heavy (non-hydrogen) atoms. The molecule has 1 N–H and O–H groups in total. The molecule has 0 bridgehead atoms. The van der Waals surface area contributed by atoms with E-state index in [-0.39, 0.29) is 0 Å². The molecule has 0 spiro atoms. The Hall–Kier alpha value is -0.900. The number of nitrogens with one attached hydrogen (secondary N) is 1. The molecule has 0 atom stereocenters. The number of nitrogens with zero attached hydrogens (tertiary/aromatic N) is 3. The molecule has 0 aliphatic rings. The Labute approximate surface area is 79.4 Å². The first-order valence-corrected chi connectivity index (χ1v) is 4.88. The molecule has 0 amide bonds. The molecule has 0 unspecified atom stereocenters. The zero-order valence-electron chi connectivity index (χ0n) is 8.45. The maximum atomic E-state index is 4.17. The van der Waals surface area contributed by atoms with Gasteiger partial charge >= 0.3 is 0 Å². The van der Waals surface area contributed by atoms with Gasteiger partial charge in [-0.05, 0) is 13.0 Å². The highest BCUT2D eigenvalue weighted by atomic mass is 15.3. The predicted octanol–water partition coefficient (Wildman–Crippen LogP) is 1.09. The summed E-state index contributed by atoms with van der Waals surface area (Å²) >= 11 is 0. The molecular weight excluding hydrogens is 164 g/mol. The third kappa shape index (κ3) is 4.03. The van der Waals surface area contributed by atoms with E-state index in [2.05, 4.69) is 22.3 Å². The molecule has 1 aromatic rings. The summed E-state index contributed by atoms with van der Waals surface area (Å²) in [6, 6.07) is 0. The Kier molecular flexibility index (Phi) is 4.46. The monoisotopic (exact) mass is 182 g/mol. The minimum Gasteiger partial charge on any atom is -0.310 e. The smallest absolute Gasteiger partial charge is 0.164 e. The van der Waals surface area contributed by atoms with E-state index >= 15 is 0 Å². The molecule has 0 radical (unpaired) electrons. The van der Waals surface area contributed by atoms with Gasteiger partial charge in [-0.3, -0.25) is 4.68 Å². The first kappa shape index (κ1) is 10.2. The molecule has 0 aliphatic carbocycles. The Morgan fingerprint density at radius 2 is 2.31 bits per heavy atom. The third-order valence-corrected chi connectivity index (χ3v) is 1.89. The summed E-state index contributed by atoms with van der Waals surface area (Å²) in [7, 11) is 1.88. The van der Waals surface area contributed by atoms with E-state index in [0.29, 0.717) is 0 Å². The number of unbranched alkanes of at least 4 members (excludes halogenated alkanes) is 2. The van der Waals surface area contributed by atoms with Crippen molar-refractivity contribution in [3.63, 3.8) is 0 Å². The first-order chi connectivity index (χ1) is 6.33. The lowest BCUT2D eigenvalue weighted by atomic mass is 10.2. The Balaban J connectivity index is 2.06. The fraction of sp³-hybridized carbons (Fsp3) is 0.778.